The lowest BCUT2D eigenvalue weighted by atomic mass is 10.2. The second-order valence-electron chi connectivity index (χ2n) is 3.36. The van der Waals surface area contributed by atoms with E-state index in [1.54, 1.807) is 6.20 Å². The molecule has 2 heterocycles. The third-order valence-corrected chi connectivity index (χ3v) is 3.58. The van der Waals surface area contributed by atoms with Crippen molar-refractivity contribution in [1.82, 2.24) is 4.98 Å². The fraction of sp³-hybridized carbons (Fsp3) is 0. The normalized spacial score (nSPS) is 11.1. The number of rotatable bonds is 1. The second kappa shape index (κ2) is 3.61. The van der Waals surface area contributed by atoms with E-state index >= 15 is 0 Å². The number of halogens is 1. The van der Waals surface area contributed by atoms with Crippen LogP contribution in [-0.4, -0.2) is 4.98 Å². The van der Waals surface area contributed by atoms with Crippen LogP contribution in [-0.2, 0) is 0 Å². The molecule has 0 aliphatic heterocycles. The molecule has 2 N–H and O–H groups in total. The largest absolute Gasteiger partial charge is 0.455 e. The minimum absolute atomic E-state index is 0.552. The average molecular weight is 295 g/mol. The summed E-state index contributed by atoms with van der Waals surface area (Å²) < 4.78 is 6.75. The Balaban J connectivity index is 2.18. The van der Waals surface area contributed by atoms with Gasteiger partial charge in [-0.3, -0.25) is 0 Å². The molecule has 0 bridgehead atoms. The summed E-state index contributed by atoms with van der Waals surface area (Å²) in [5.74, 6) is 0.808. The maximum Gasteiger partial charge on any atom is 0.180 e. The smallest absolute Gasteiger partial charge is 0.180 e. The van der Waals surface area contributed by atoms with Gasteiger partial charge in [-0.2, -0.15) is 0 Å². The van der Waals surface area contributed by atoms with Crippen molar-refractivity contribution in [1.29, 1.82) is 0 Å². The number of nitrogen functional groups attached to an aromatic ring is 1. The molecule has 80 valence electrons. The van der Waals surface area contributed by atoms with Crippen LogP contribution in [0.3, 0.4) is 0 Å². The molecule has 2 aromatic heterocycles. The highest BCUT2D eigenvalue weighted by molar-refractivity contribution is 9.10. The van der Waals surface area contributed by atoms with Crippen LogP contribution in [0, 0.1) is 0 Å². The van der Waals surface area contributed by atoms with E-state index in [4.69, 9.17) is 10.2 Å². The Morgan fingerprint density at radius 3 is 2.94 bits per heavy atom. The van der Waals surface area contributed by atoms with Crippen LogP contribution in [0.4, 0.5) is 5.13 Å². The van der Waals surface area contributed by atoms with Crippen LogP contribution in [0.25, 0.3) is 21.6 Å². The first-order valence-electron chi connectivity index (χ1n) is 4.63. The van der Waals surface area contributed by atoms with E-state index in [1.807, 2.05) is 24.3 Å². The number of thiazole rings is 1. The number of nitrogens with two attached hydrogens (primary N) is 1. The van der Waals surface area contributed by atoms with Crippen molar-refractivity contribution in [2.24, 2.45) is 0 Å². The van der Waals surface area contributed by atoms with Crippen molar-refractivity contribution >= 4 is 43.4 Å². The third kappa shape index (κ3) is 1.62. The SMILES string of the molecule is Nc1ncc(-c2cc3cc(Br)ccc3o2)s1. The highest BCUT2D eigenvalue weighted by Gasteiger charge is 2.09. The molecular weight excluding hydrogens is 288 g/mol. The van der Waals surface area contributed by atoms with Gasteiger partial charge in [-0.1, -0.05) is 27.3 Å². The summed E-state index contributed by atoms with van der Waals surface area (Å²) in [4.78, 5) is 4.96. The van der Waals surface area contributed by atoms with Crippen molar-refractivity contribution in [3.8, 4) is 10.6 Å². The molecule has 0 saturated heterocycles. The molecule has 3 aromatic rings. The number of hydrogen-bond donors (Lipinski definition) is 1. The van der Waals surface area contributed by atoms with Gasteiger partial charge in [-0.15, -0.1) is 0 Å². The number of fused-ring (bicyclic) bond motifs is 1. The van der Waals surface area contributed by atoms with E-state index in [1.165, 1.54) is 11.3 Å². The zero-order chi connectivity index (χ0) is 11.1. The summed E-state index contributed by atoms with van der Waals surface area (Å²) >= 11 is 4.85. The van der Waals surface area contributed by atoms with Gasteiger partial charge in [0.15, 0.2) is 5.13 Å². The summed E-state index contributed by atoms with van der Waals surface area (Å²) in [6.45, 7) is 0. The van der Waals surface area contributed by atoms with Crippen LogP contribution in [0.5, 0.6) is 0 Å². The van der Waals surface area contributed by atoms with E-state index in [2.05, 4.69) is 20.9 Å². The molecule has 0 aliphatic rings. The van der Waals surface area contributed by atoms with Crippen molar-refractivity contribution < 1.29 is 4.42 Å². The molecular formula is C11H7BrN2OS. The highest BCUT2D eigenvalue weighted by atomic mass is 79.9. The van der Waals surface area contributed by atoms with Crippen LogP contribution < -0.4 is 5.73 Å². The Hall–Kier alpha value is -1.33. The summed E-state index contributed by atoms with van der Waals surface area (Å²) in [5.41, 5.74) is 6.46. The molecule has 0 spiro atoms. The van der Waals surface area contributed by atoms with Crippen molar-refractivity contribution in [2.75, 3.05) is 5.73 Å². The number of nitrogens with zero attached hydrogens (tertiary/aromatic N) is 1. The lowest BCUT2D eigenvalue weighted by Crippen LogP contribution is -1.77. The maximum absolute atomic E-state index is 5.72. The van der Waals surface area contributed by atoms with Crippen LogP contribution in [0.2, 0.25) is 0 Å². The molecule has 16 heavy (non-hydrogen) atoms. The van der Waals surface area contributed by atoms with Crippen LogP contribution >= 0.6 is 27.3 Å². The molecule has 0 fully saturated rings. The maximum atomic E-state index is 5.72. The minimum atomic E-state index is 0.552. The summed E-state index contributed by atoms with van der Waals surface area (Å²) in [6.07, 6.45) is 1.73. The van der Waals surface area contributed by atoms with Gasteiger partial charge in [0.1, 0.15) is 11.3 Å². The lowest BCUT2D eigenvalue weighted by molar-refractivity contribution is 0.633. The summed E-state index contributed by atoms with van der Waals surface area (Å²) in [5, 5.41) is 1.62. The van der Waals surface area contributed by atoms with Gasteiger partial charge in [-0.05, 0) is 24.3 Å². The lowest BCUT2D eigenvalue weighted by Gasteiger charge is -1.88. The predicted octanol–water partition coefficient (Wildman–Crippen LogP) is 3.90. The van der Waals surface area contributed by atoms with E-state index in [0.717, 1.165) is 26.1 Å². The molecule has 0 amide bonds. The first kappa shape index (κ1) is 9.86. The minimum Gasteiger partial charge on any atom is -0.455 e. The van der Waals surface area contributed by atoms with E-state index in [-0.39, 0.29) is 0 Å². The monoisotopic (exact) mass is 294 g/mol. The first-order valence-corrected chi connectivity index (χ1v) is 6.24. The Bertz CT molecular complexity index is 659. The van der Waals surface area contributed by atoms with Gasteiger partial charge in [0, 0.05) is 9.86 Å². The standard InChI is InChI=1S/C11H7BrN2OS/c12-7-1-2-8-6(3-7)4-9(15-8)10-5-14-11(13)16-10/h1-5H,(H2,13,14). The quantitative estimate of drug-likeness (QED) is 0.740. The Morgan fingerprint density at radius 1 is 1.31 bits per heavy atom. The van der Waals surface area contributed by atoms with Crippen molar-refractivity contribution in [2.45, 2.75) is 0 Å². The molecule has 0 atom stereocenters. The van der Waals surface area contributed by atoms with Gasteiger partial charge in [0.05, 0.1) is 11.1 Å². The predicted molar refractivity (Wildman–Crippen MR) is 69.4 cm³/mol. The van der Waals surface area contributed by atoms with Gasteiger partial charge in [-0.25, -0.2) is 4.98 Å². The third-order valence-electron chi connectivity index (χ3n) is 2.24. The molecule has 0 aliphatic carbocycles. The fourth-order valence-electron chi connectivity index (χ4n) is 1.54. The number of hydrogen-bond acceptors (Lipinski definition) is 4. The fourth-order valence-corrected chi connectivity index (χ4v) is 2.55. The average Bonchev–Trinajstić information content (AvgIpc) is 2.83. The molecule has 5 heteroatoms. The van der Waals surface area contributed by atoms with Gasteiger partial charge in [0.2, 0.25) is 0 Å². The van der Waals surface area contributed by atoms with Crippen LogP contribution in [0.15, 0.2) is 39.4 Å². The zero-order valence-electron chi connectivity index (χ0n) is 8.11. The number of furan rings is 1. The molecule has 0 unspecified atom stereocenters. The Kier molecular flexibility index (Phi) is 2.22. The number of aromatic nitrogens is 1. The van der Waals surface area contributed by atoms with Crippen molar-refractivity contribution in [3.63, 3.8) is 0 Å². The van der Waals surface area contributed by atoms with Crippen molar-refractivity contribution in [3.05, 3.63) is 34.9 Å². The zero-order valence-corrected chi connectivity index (χ0v) is 10.5. The van der Waals surface area contributed by atoms with E-state index < -0.39 is 0 Å². The molecule has 3 rings (SSSR count). The Labute approximate surface area is 104 Å². The number of benzene rings is 1. The molecule has 0 radical (unpaired) electrons. The van der Waals surface area contributed by atoms with Gasteiger partial charge >= 0.3 is 0 Å². The molecule has 3 nitrogen and oxygen atoms in total. The van der Waals surface area contributed by atoms with Crippen LogP contribution in [0.1, 0.15) is 0 Å². The van der Waals surface area contributed by atoms with E-state index in [9.17, 15) is 0 Å². The number of anilines is 1. The molecule has 1 aromatic carbocycles. The first-order chi connectivity index (χ1) is 7.72. The summed E-state index contributed by atoms with van der Waals surface area (Å²) in [6, 6.07) is 7.91. The molecule has 0 saturated carbocycles. The summed E-state index contributed by atoms with van der Waals surface area (Å²) in [7, 11) is 0. The van der Waals surface area contributed by atoms with Gasteiger partial charge in [0.25, 0.3) is 0 Å². The second-order valence-corrected chi connectivity index (χ2v) is 5.33. The van der Waals surface area contributed by atoms with Gasteiger partial charge < -0.3 is 10.2 Å². The Morgan fingerprint density at radius 2 is 2.19 bits per heavy atom. The van der Waals surface area contributed by atoms with E-state index in [0.29, 0.717) is 5.13 Å². The topological polar surface area (TPSA) is 52.0 Å². The highest BCUT2D eigenvalue weighted by Crippen LogP contribution is 2.33.